The zero-order valence-corrected chi connectivity index (χ0v) is 14.9. The Hall–Kier alpha value is 0.0900. The van der Waals surface area contributed by atoms with Gasteiger partial charge in [0.15, 0.2) is 0 Å². The van der Waals surface area contributed by atoms with Gasteiger partial charge in [-0.25, -0.2) is 8.42 Å². The number of rotatable bonds is 2. The van der Waals surface area contributed by atoms with Gasteiger partial charge in [-0.05, 0) is 53.6 Å². The predicted molar refractivity (Wildman–Crippen MR) is 85.6 cm³/mol. The van der Waals surface area contributed by atoms with Crippen molar-refractivity contribution < 1.29 is 8.42 Å². The van der Waals surface area contributed by atoms with Crippen LogP contribution in [0.25, 0.3) is 0 Å². The first-order valence-corrected chi connectivity index (χ1v) is 10.3. The van der Waals surface area contributed by atoms with Crippen LogP contribution in [0.1, 0.15) is 37.0 Å². The molecule has 1 saturated heterocycles. The fourth-order valence-corrected chi connectivity index (χ4v) is 7.51. The van der Waals surface area contributed by atoms with E-state index in [4.69, 9.17) is 0 Å². The standard InChI is InChI=1S/C14H20BrNO2S2/c1-10-13(8-14(15)19-10)20(17,18)16-7-6-11-4-2-3-5-12(11)9-16/h8,11-12H,2-7,9H2,1H3. The summed E-state index contributed by atoms with van der Waals surface area (Å²) >= 11 is 4.88. The van der Waals surface area contributed by atoms with Crippen molar-refractivity contribution in [2.75, 3.05) is 13.1 Å². The maximum Gasteiger partial charge on any atom is 0.244 e. The van der Waals surface area contributed by atoms with Crippen molar-refractivity contribution in [3.8, 4) is 0 Å². The van der Waals surface area contributed by atoms with Gasteiger partial charge in [0.2, 0.25) is 10.0 Å². The second-order valence-corrected chi connectivity index (χ2v) is 10.5. The van der Waals surface area contributed by atoms with Crippen molar-refractivity contribution in [2.45, 2.75) is 43.9 Å². The van der Waals surface area contributed by atoms with Crippen LogP contribution in [0.5, 0.6) is 0 Å². The molecule has 6 heteroatoms. The van der Waals surface area contributed by atoms with E-state index in [1.165, 1.54) is 37.0 Å². The zero-order chi connectivity index (χ0) is 14.3. The summed E-state index contributed by atoms with van der Waals surface area (Å²) in [6.45, 7) is 3.30. The third-order valence-corrected chi connectivity index (χ3v) is 8.39. The lowest BCUT2D eigenvalue weighted by molar-refractivity contribution is 0.136. The summed E-state index contributed by atoms with van der Waals surface area (Å²) in [6.07, 6.45) is 6.11. The van der Waals surface area contributed by atoms with Crippen molar-refractivity contribution in [3.05, 3.63) is 14.7 Å². The van der Waals surface area contributed by atoms with E-state index in [1.54, 1.807) is 10.4 Å². The Balaban J connectivity index is 1.83. The molecule has 1 aromatic rings. The second kappa shape index (κ2) is 5.71. The third kappa shape index (κ3) is 2.72. The molecule has 3 nitrogen and oxygen atoms in total. The van der Waals surface area contributed by atoms with Gasteiger partial charge < -0.3 is 0 Å². The van der Waals surface area contributed by atoms with Crippen molar-refractivity contribution >= 4 is 37.3 Å². The molecule has 2 aliphatic rings. The number of halogens is 1. The lowest BCUT2D eigenvalue weighted by Crippen LogP contribution is -2.44. The monoisotopic (exact) mass is 377 g/mol. The largest absolute Gasteiger partial charge is 0.244 e. The first-order valence-electron chi connectivity index (χ1n) is 7.24. The van der Waals surface area contributed by atoms with E-state index in [9.17, 15) is 8.42 Å². The van der Waals surface area contributed by atoms with Crippen molar-refractivity contribution in [2.24, 2.45) is 11.8 Å². The van der Waals surface area contributed by atoms with Gasteiger partial charge in [0, 0.05) is 18.0 Å². The molecule has 1 saturated carbocycles. The number of fused-ring (bicyclic) bond motifs is 1. The molecular formula is C14H20BrNO2S2. The summed E-state index contributed by atoms with van der Waals surface area (Å²) < 4.78 is 28.2. The Labute approximate surface area is 133 Å². The average Bonchev–Trinajstić information content (AvgIpc) is 2.78. The maximum atomic E-state index is 12.8. The molecule has 1 aromatic heterocycles. The number of hydrogen-bond acceptors (Lipinski definition) is 3. The van der Waals surface area contributed by atoms with Gasteiger partial charge in [-0.2, -0.15) is 4.31 Å². The topological polar surface area (TPSA) is 37.4 Å². The molecule has 112 valence electrons. The minimum atomic E-state index is -3.31. The molecule has 1 aliphatic carbocycles. The van der Waals surface area contributed by atoms with Gasteiger partial charge in [-0.3, -0.25) is 0 Å². The summed E-state index contributed by atoms with van der Waals surface area (Å²) in [5.74, 6) is 1.33. The highest BCUT2D eigenvalue weighted by Crippen LogP contribution is 2.39. The van der Waals surface area contributed by atoms with Crippen LogP contribution < -0.4 is 0 Å². The highest BCUT2D eigenvalue weighted by Gasteiger charge is 2.37. The first-order chi connectivity index (χ1) is 9.48. The average molecular weight is 378 g/mol. The second-order valence-electron chi connectivity index (χ2n) is 5.93. The van der Waals surface area contributed by atoms with Crippen LogP contribution in [0.3, 0.4) is 0 Å². The molecule has 0 spiro atoms. The minimum absolute atomic E-state index is 0.489. The minimum Gasteiger partial charge on any atom is -0.207 e. The quantitative estimate of drug-likeness (QED) is 0.780. The van der Waals surface area contributed by atoms with E-state index in [0.717, 1.165) is 27.5 Å². The van der Waals surface area contributed by atoms with E-state index in [2.05, 4.69) is 15.9 Å². The Bertz CT molecular complexity index is 596. The lowest BCUT2D eigenvalue weighted by atomic mass is 9.76. The fraction of sp³-hybridized carbons (Fsp3) is 0.714. The molecule has 2 unspecified atom stereocenters. The summed E-state index contributed by atoms with van der Waals surface area (Å²) in [5.41, 5.74) is 0. The van der Waals surface area contributed by atoms with Gasteiger partial charge in [-0.15, -0.1) is 11.3 Å². The first kappa shape index (κ1) is 15.0. The van der Waals surface area contributed by atoms with Gasteiger partial charge in [0.1, 0.15) is 0 Å². The van der Waals surface area contributed by atoms with E-state index >= 15 is 0 Å². The summed E-state index contributed by atoms with van der Waals surface area (Å²) in [5, 5.41) is 0. The van der Waals surface area contributed by atoms with Gasteiger partial charge in [-0.1, -0.05) is 19.3 Å². The van der Waals surface area contributed by atoms with E-state index < -0.39 is 10.0 Å². The van der Waals surface area contributed by atoms with Crippen LogP contribution in [0.4, 0.5) is 0 Å². The number of piperidine rings is 1. The van der Waals surface area contributed by atoms with Crippen LogP contribution in [0.15, 0.2) is 14.7 Å². The number of sulfonamides is 1. The SMILES string of the molecule is Cc1sc(Br)cc1S(=O)(=O)N1CCC2CCCCC2C1. The molecule has 2 fully saturated rings. The molecule has 2 heterocycles. The molecule has 3 rings (SSSR count). The number of nitrogens with zero attached hydrogens (tertiary/aromatic N) is 1. The predicted octanol–water partition coefficient (Wildman–Crippen LogP) is 4.02. The molecular weight excluding hydrogens is 358 g/mol. The van der Waals surface area contributed by atoms with Crippen molar-refractivity contribution in [1.29, 1.82) is 0 Å². The Morgan fingerprint density at radius 2 is 1.95 bits per heavy atom. The molecule has 2 atom stereocenters. The third-order valence-electron chi connectivity index (χ3n) is 4.71. The highest BCUT2D eigenvalue weighted by atomic mass is 79.9. The molecule has 1 aliphatic heterocycles. The fourth-order valence-electron chi connectivity index (χ4n) is 3.61. The maximum absolute atomic E-state index is 12.8. The van der Waals surface area contributed by atoms with E-state index in [1.807, 2.05) is 6.92 Å². The number of aryl methyl sites for hydroxylation is 1. The lowest BCUT2D eigenvalue weighted by Gasteiger charge is -2.40. The molecule has 0 N–H and O–H groups in total. The molecule has 0 amide bonds. The molecule has 20 heavy (non-hydrogen) atoms. The van der Waals surface area contributed by atoms with E-state index in [-0.39, 0.29) is 0 Å². The smallest absolute Gasteiger partial charge is 0.207 e. The number of hydrogen-bond donors (Lipinski definition) is 0. The van der Waals surface area contributed by atoms with Crippen molar-refractivity contribution in [3.63, 3.8) is 0 Å². The summed E-state index contributed by atoms with van der Waals surface area (Å²) in [4.78, 5) is 1.37. The van der Waals surface area contributed by atoms with Crippen LogP contribution in [0.2, 0.25) is 0 Å². The molecule has 0 bridgehead atoms. The van der Waals surface area contributed by atoms with Crippen LogP contribution >= 0.6 is 27.3 Å². The summed E-state index contributed by atoms with van der Waals surface area (Å²) in [7, 11) is -3.31. The normalized spacial score (nSPS) is 28.3. The van der Waals surface area contributed by atoms with Crippen LogP contribution in [-0.2, 0) is 10.0 Å². The Morgan fingerprint density at radius 1 is 1.25 bits per heavy atom. The van der Waals surface area contributed by atoms with E-state index in [0.29, 0.717) is 17.4 Å². The van der Waals surface area contributed by atoms with Gasteiger partial charge in [0.05, 0.1) is 8.68 Å². The van der Waals surface area contributed by atoms with Gasteiger partial charge in [0.25, 0.3) is 0 Å². The van der Waals surface area contributed by atoms with Crippen LogP contribution in [-0.4, -0.2) is 25.8 Å². The van der Waals surface area contributed by atoms with Gasteiger partial charge >= 0.3 is 0 Å². The van der Waals surface area contributed by atoms with Crippen LogP contribution in [0, 0.1) is 18.8 Å². The summed E-state index contributed by atoms with van der Waals surface area (Å²) in [6, 6.07) is 1.75. The Kier molecular flexibility index (Phi) is 4.28. The Morgan fingerprint density at radius 3 is 2.60 bits per heavy atom. The van der Waals surface area contributed by atoms with Crippen molar-refractivity contribution in [1.82, 2.24) is 4.31 Å². The zero-order valence-electron chi connectivity index (χ0n) is 11.6. The molecule has 0 radical (unpaired) electrons. The highest BCUT2D eigenvalue weighted by molar-refractivity contribution is 9.11. The molecule has 0 aromatic carbocycles. The number of thiophene rings is 1.